The second-order valence-electron chi connectivity index (χ2n) is 8.27. The summed E-state index contributed by atoms with van der Waals surface area (Å²) in [5.74, 6) is 0.946. The molecule has 0 aromatic heterocycles. The first-order valence-electron chi connectivity index (χ1n) is 12.2. The first-order chi connectivity index (χ1) is 14.8. The van der Waals surface area contributed by atoms with Crippen LogP contribution >= 0.6 is 0 Å². The minimum atomic E-state index is 0.808. The number of hydrogen-bond acceptors (Lipinski definition) is 2. The van der Waals surface area contributed by atoms with Crippen LogP contribution in [0.15, 0.2) is 53.5 Å². The summed E-state index contributed by atoms with van der Waals surface area (Å²) in [5.41, 5.74) is 3.52. The zero-order chi connectivity index (χ0) is 21.3. The number of benzene rings is 2. The first kappa shape index (κ1) is 24.2. The van der Waals surface area contributed by atoms with Gasteiger partial charge in [-0.2, -0.15) is 0 Å². The van der Waals surface area contributed by atoms with Gasteiger partial charge in [-0.25, -0.2) is 0 Å². The Hall–Kier alpha value is -2.09. The molecule has 0 saturated heterocycles. The van der Waals surface area contributed by atoms with Crippen molar-refractivity contribution in [2.75, 3.05) is 6.61 Å². The van der Waals surface area contributed by atoms with Crippen molar-refractivity contribution < 1.29 is 4.74 Å². The number of rotatable bonds is 16. The minimum Gasteiger partial charge on any atom is -0.494 e. The third-order valence-corrected chi connectivity index (χ3v) is 5.51. The molecule has 164 valence electrons. The Kier molecular flexibility index (Phi) is 12.7. The summed E-state index contributed by atoms with van der Waals surface area (Å²) in [6.07, 6.45) is 17.5. The van der Waals surface area contributed by atoms with Gasteiger partial charge in [0.1, 0.15) is 5.75 Å². The lowest BCUT2D eigenvalue weighted by molar-refractivity contribution is 0.304. The van der Waals surface area contributed by atoms with E-state index in [1.807, 2.05) is 18.3 Å². The van der Waals surface area contributed by atoms with E-state index in [0.29, 0.717) is 0 Å². The van der Waals surface area contributed by atoms with Crippen LogP contribution in [0.25, 0.3) is 0 Å². The lowest BCUT2D eigenvalue weighted by Crippen LogP contribution is -1.97. The summed E-state index contributed by atoms with van der Waals surface area (Å²) in [6.45, 7) is 5.32. The fourth-order valence-corrected chi connectivity index (χ4v) is 3.55. The second-order valence-corrected chi connectivity index (χ2v) is 8.27. The fraction of sp³-hybridized carbons (Fsp3) is 0.536. The molecule has 0 N–H and O–H groups in total. The number of nitrogens with zero attached hydrogens (tertiary/aromatic N) is 1. The van der Waals surface area contributed by atoms with Crippen molar-refractivity contribution in [1.82, 2.24) is 0 Å². The van der Waals surface area contributed by atoms with E-state index in [2.05, 4.69) is 55.2 Å². The van der Waals surface area contributed by atoms with E-state index in [1.165, 1.54) is 76.2 Å². The summed E-state index contributed by atoms with van der Waals surface area (Å²) in [4.78, 5) is 4.62. The van der Waals surface area contributed by atoms with Gasteiger partial charge in [-0.05, 0) is 66.8 Å². The molecule has 0 aliphatic heterocycles. The largest absolute Gasteiger partial charge is 0.494 e. The van der Waals surface area contributed by atoms with Crippen molar-refractivity contribution in [1.29, 1.82) is 0 Å². The molecule has 0 bridgehead atoms. The summed E-state index contributed by atoms with van der Waals surface area (Å²) >= 11 is 0. The molecule has 0 aliphatic carbocycles. The molecule has 2 aromatic carbocycles. The molecule has 0 amide bonds. The highest BCUT2D eigenvalue weighted by molar-refractivity contribution is 5.82. The topological polar surface area (TPSA) is 21.6 Å². The Morgan fingerprint density at radius 2 is 1.27 bits per heavy atom. The average molecular weight is 408 g/mol. The highest BCUT2D eigenvalue weighted by Gasteiger charge is 1.97. The smallest absolute Gasteiger partial charge is 0.119 e. The van der Waals surface area contributed by atoms with E-state index in [0.717, 1.165) is 30.0 Å². The van der Waals surface area contributed by atoms with Crippen LogP contribution in [-0.2, 0) is 6.42 Å². The molecule has 0 atom stereocenters. The molecular formula is C28H41NO. The Bertz CT molecular complexity index is 626. The van der Waals surface area contributed by atoms with Gasteiger partial charge in [0, 0.05) is 6.21 Å². The fourth-order valence-electron chi connectivity index (χ4n) is 3.55. The van der Waals surface area contributed by atoms with Gasteiger partial charge < -0.3 is 4.74 Å². The highest BCUT2D eigenvalue weighted by Crippen LogP contribution is 2.17. The zero-order valence-electron chi connectivity index (χ0n) is 19.2. The predicted molar refractivity (Wildman–Crippen MR) is 131 cm³/mol. The van der Waals surface area contributed by atoms with Gasteiger partial charge in [0.2, 0.25) is 0 Å². The molecule has 0 radical (unpaired) electrons. The van der Waals surface area contributed by atoms with Gasteiger partial charge in [0.25, 0.3) is 0 Å². The molecule has 0 aliphatic rings. The van der Waals surface area contributed by atoms with Crippen LogP contribution in [-0.4, -0.2) is 12.8 Å². The van der Waals surface area contributed by atoms with E-state index in [-0.39, 0.29) is 0 Å². The summed E-state index contributed by atoms with van der Waals surface area (Å²) in [5, 5.41) is 0. The Morgan fingerprint density at radius 3 is 1.93 bits per heavy atom. The molecule has 2 nitrogen and oxygen atoms in total. The predicted octanol–water partition coefficient (Wildman–Crippen LogP) is 8.69. The second kappa shape index (κ2) is 15.7. The lowest BCUT2D eigenvalue weighted by Gasteiger charge is -2.06. The molecule has 0 fully saturated rings. The molecule has 0 spiro atoms. The number of ether oxygens (including phenoxy) is 1. The summed E-state index contributed by atoms with van der Waals surface area (Å²) in [7, 11) is 0. The molecule has 30 heavy (non-hydrogen) atoms. The standard InChI is InChI=1S/C28H41NO/c1-3-5-7-9-10-12-14-25-15-19-27(20-16-25)29-24-26-17-21-28(22-18-26)30-23-13-11-8-6-4-2/h15-22,24H,3-14,23H2,1-2H3. The van der Waals surface area contributed by atoms with Crippen LogP contribution in [0.2, 0.25) is 0 Å². The van der Waals surface area contributed by atoms with Crippen molar-refractivity contribution >= 4 is 11.9 Å². The van der Waals surface area contributed by atoms with Crippen LogP contribution in [0.1, 0.15) is 95.6 Å². The van der Waals surface area contributed by atoms with Gasteiger partial charge >= 0.3 is 0 Å². The van der Waals surface area contributed by atoms with E-state index in [4.69, 9.17) is 4.74 Å². The van der Waals surface area contributed by atoms with E-state index in [9.17, 15) is 0 Å². The molecule has 0 unspecified atom stereocenters. The van der Waals surface area contributed by atoms with Crippen molar-refractivity contribution in [2.45, 2.75) is 90.9 Å². The maximum absolute atomic E-state index is 5.83. The number of hydrogen-bond donors (Lipinski definition) is 0. The van der Waals surface area contributed by atoms with Gasteiger partial charge in [0.15, 0.2) is 0 Å². The van der Waals surface area contributed by atoms with Gasteiger partial charge in [0.05, 0.1) is 12.3 Å². The van der Waals surface area contributed by atoms with E-state index >= 15 is 0 Å². The Balaban J connectivity index is 1.68. The van der Waals surface area contributed by atoms with Crippen LogP contribution in [0.4, 0.5) is 5.69 Å². The molecule has 2 heteroatoms. The van der Waals surface area contributed by atoms with Crippen LogP contribution < -0.4 is 4.74 Å². The lowest BCUT2D eigenvalue weighted by atomic mass is 10.0. The van der Waals surface area contributed by atoms with Crippen molar-refractivity contribution in [3.05, 3.63) is 59.7 Å². The molecule has 2 rings (SSSR count). The normalized spacial score (nSPS) is 11.3. The molecular weight excluding hydrogens is 366 g/mol. The number of unbranched alkanes of at least 4 members (excludes halogenated alkanes) is 9. The third-order valence-electron chi connectivity index (χ3n) is 5.51. The number of aliphatic imine (C=N–C) groups is 1. The molecule has 0 saturated carbocycles. The molecule has 0 heterocycles. The summed E-state index contributed by atoms with van der Waals surface area (Å²) in [6, 6.07) is 16.9. The zero-order valence-corrected chi connectivity index (χ0v) is 19.2. The van der Waals surface area contributed by atoms with Gasteiger partial charge in [-0.3, -0.25) is 4.99 Å². The van der Waals surface area contributed by atoms with Gasteiger partial charge in [-0.15, -0.1) is 0 Å². The first-order valence-corrected chi connectivity index (χ1v) is 12.2. The third kappa shape index (κ3) is 10.6. The molecule has 2 aromatic rings. The van der Waals surface area contributed by atoms with Crippen molar-refractivity contribution in [2.24, 2.45) is 4.99 Å². The quantitative estimate of drug-likeness (QED) is 0.201. The highest BCUT2D eigenvalue weighted by atomic mass is 16.5. The minimum absolute atomic E-state index is 0.808. The SMILES string of the molecule is CCCCCCCCc1ccc(N=Cc2ccc(OCCCCCCC)cc2)cc1. The van der Waals surface area contributed by atoms with E-state index < -0.39 is 0 Å². The summed E-state index contributed by atoms with van der Waals surface area (Å²) < 4.78 is 5.83. The monoisotopic (exact) mass is 407 g/mol. The van der Waals surface area contributed by atoms with Gasteiger partial charge in [-0.1, -0.05) is 83.8 Å². The van der Waals surface area contributed by atoms with E-state index in [1.54, 1.807) is 0 Å². The number of aryl methyl sites for hydroxylation is 1. The van der Waals surface area contributed by atoms with Crippen molar-refractivity contribution in [3.63, 3.8) is 0 Å². The average Bonchev–Trinajstić information content (AvgIpc) is 2.79. The van der Waals surface area contributed by atoms with Crippen molar-refractivity contribution in [3.8, 4) is 5.75 Å². The van der Waals surface area contributed by atoms with Crippen LogP contribution in [0.5, 0.6) is 5.75 Å². The Morgan fingerprint density at radius 1 is 0.667 bits per heavy atom. The maximum atomic E-state index is 5.83. The van der Waals surface area contributed by atoms with Crippen LogP contribution in [0.3, 0.4) is 0 Å². The maximum Gasteiger partial charge on any atom is 0.119 e. The van der Waals surface area contributed by atoms with Crippen LogP contribution in [0, 0.1) is 0 Å². The Labute approximate surface area is 184 Å².